The summed E-state index contributed by atoms with van der Waals surface area (Å²) in [5.74, 6) is -0.998. The van der Waals surface area contributed by atoms with Crippen molar-refractivity contribution in [1.82, 2.24) is 9.97 Å². The van der Waals surface area contributed by atoms with Crippen molar-refractivity contribution in [2.45, 2.75) is 19.8 Å². The van der Waals surface area contributed by atoms with Gasteiger partial charge in [0.2, 0.25) is 11.9 Å². The van der Waals surface area contributed by atoms with E-state index in [1.807, 2.05) is 4.90 Å². The molecule has 30 heavy (non-hydrogen) atoms. The lowest BCUT2D eigenvalue weighted by Gasteiger charge is -2.27. The third kappa shape index (κ3) is 4.77. The van der Waals surface area contributed by atoms with Gasteiger partial charge in [0.1, 0.15) is 5.56 Å². The molecule has 1 aromatic heterocycles. The van der Waals surface area contributed by atoms with Crippen molar-refractivity contribution in [3.63, 3.8) is 0 Å². The van der Waals surface area contributed by atoms with Crippen LogP contribution in [0.25, 0.3) is 0 Å². The molecule has 1 amide bonds. The Morgan fingerprint density at radius 2 is 2.07 bits per heavy atom. The smallest absolute Gasteiger partial charge is 0.341 e. The van der Waals surface area contributed by atoms with Crippen molar-refractivity contribution >= 4 is 23.5 Å². The van der Waals surface area contributed by atoms with Crippen LogP contribution in [-0.4, -0.2) is 60.4 Å². The number of anilines is 2. The lowest BCUT2D eigenvalue weighted by molar-refractivity contribution is -0.116. The summed E-state index contributed by atoms with van der Waals surface area (Å²) >= 11 is 0. The van der Waals surface area contributed by atoms with Gasteiger partial charge in [0, 0.05) is 30.8 Å². The normalized spacial score (nSPS) is 13.7. The lowest BCUT2D eigenvalue weighted by Crippen LogP contribution is -2.38. The molecule has 160 valence electrons. The number of phenols is 1. The molecule has 0 bridgehead atoms. The highest BCUT2D eigenvalue weighted by molar-refractivity contribution is 5.98. The molecule has 3 N–H and O–H groups in total. The topological polar surface area (TPSA) is 134 Å². The van der Waals surface area contributed by atoms with Gasteiger partial charge in [-0.1, -0.05) is 6.07 Å². The zero-order valence-corrected chi connectivity index (χ0v) is 16.9. The van der Waals surface area contributed by atoms with Crippen LogP contribution in [0.2, 0.25) is 0 Å². The molecule has 10 nitrogen and oxygen atoms in total. The largest absolute Gasteiger partial charge is 0.505 e. The number of carbonyl (C=O) groups excluding carboxylic acids is 2. The third-order valence-electron chi connectivity index (χ3n) is 4.84. The Kier molecular flexibility index (Phi) is 6.68. The molecule has 3 rings (SSSR count). The maximum absolute atomic E-state index is 12.5. The average molecular weight is 416 g/mol. The number of benzene rings is 1. The maximum Gasteiger partial charge on any atom is 0.341 e. The van der Waals surface area contributed by atoms with Gasteiger partial charge in [-0.3, -0.25) is 14.6 Å². The minimum Gasteiger partial charge on any atom is -0.505 e. The average Bonchev–Trinajstić information content (AvgIpc) is 2.74. The molecule has 0 unspecified atom stereocenters. The second-order valence-corrected chi connectivity index (χ2v) is 6.79. The molecule has 1 aliphatic heterocycles. The van der Waals surface area contributed by atoms with Gasteiger partial charge in [0.05, 0.1) is 26.0 Å². The Balaban J connectivity index is 1.66. The zero-order chi connectivity index (χ0) is 21.7. The van der Waals surface area contributed by atoms with E-state index in [0.717, 1.165) is 0 Å². The van der Waals surface area contributed by atoms with Crippen molar-refractivity contribution in [1.29, 1.82) is 0 Å². The van der Waals surface area contributed by atoms with E-state index >= 15 is 0 Å². The molecule has 2 aromatic rings. The fourth-order valence-electron chi connectivity index (χ4n) is 3.19. The quantitative estimate of drug-likeness (QED) is 0.469. The molecule has 1 aliphatic rings. The summed E-state index contributed by atoms with van der Waals surface area (Å²) in [6.07, 6.45) is 0.186. The second kappa shape index (κ2) is 9.40. The molecule has 1 aromatic carbocycles. The van der Waals surface area contributed by atoms with Crippen molar-refractivity contribution in [3.8, 4) is 5.75 Å². The predicted molar refractivity (Wildman–Crippen MR) is 109 cm³/mol. The highest BCUT2D eigenvalue weighted by Crippen LogP contribution is 2.28. The van der Waals surface area contributed by atoms with Gasteiger partial charge in [-0.25, -0.2) is 9.78 Å². The number of hydrogen-bond donors (Lipinski definition) is 3. The number of methoxy groups -OCH3 is 1. The van der Waals surface area contributed by atoms with Crippen molar-refractivity contribution in [2.75, 3.05) is 43.6 Å². The molecule has 0 atom stereocenters. The van der Waals surface area contributed by atoms with Crippen LogP contribution in [0.1, 0.15) is 28.0 Å². The Labute approximate surface area is 172 Å². The third-order valence-corrected chi connectivity index (χ3v) is 4.84. The van der Waals surface area contributed by atoms with E-state index in [-0.39, 0.29) is 35.4 Å². The van der Waals surface area contributed by atoms with E-state index in [0.29, 0.717) is 43.5 Å². The number of esters is 1. The first kappa shape index (κ1) is 21.3. The monoisotopic (exact) mass is 416 g/mol. The van der Waals surface area contributed by atoms with Gasteiger partial charge in [-0.2, -0.15) is 0 Å². The van der Waals surface area contributed by atoms with Crippen molar-refractivity contribution in [2.24, 2.45) is 0 Å². The molecule has 10 heteroatoms. The first-order valence-electron chi connectivity index (χ1n) is 9.53. The Bertz CT molecular complexity index is 997. The number of aryl methyl sites for hydroxylation is 1. The van der Waals surface area contributed by atoms with Crippen LogP contribution in [-0.2, 0) is 20.7 Å². The molecular weight excluding hydrogens is 392 g/mol. The number of nitrogens with zero attached hydrogens (tertiary/aromatic N) is 2. The minimum atomic E-state index is -0.711. The van der Waals surface area contributed by atoms with Gasteiger partial charge in [0.15, 0.2) is 5.75 Å². The van der Waals surface area contributed by atoms with E-state index in [2.05, 4.69) is 20.0 Å². The number of phenolic OH excluding ortho intramolecular Hbond substituents is 1. The number of hydrogen-bond acceptors (Lipinski definition) is 8. The Morgan fingerprint density at radius 3 is 2.73 bits per heavy atom. The molecule has 0 saturated carbocycles. The number of morpholine rings is 1. The maximum atomic E-state index is 12.5. The number of aromatic amines is 1. The molecule has 0 radical (unpaired) electrons. The number of nitrogens with one attached hydrogen (secondary N) is 2. The van der Waals surface area contributed by atoms with Crippen molar-refractivity contribution < 1.29 is 24.2 Å². The summed E-state index contributed by atoms with van der Waals surface area (Å²) in [6, 6.07) is 4.38. The summed E-state index contributed by atoms with van der Waals surface area (Å²) in [4.78, 5) is 45.7. The van der Waals surface area contributed by atoms with E-state index < -0.39 is 11.9 Å². The van der Waals surface area contributed by atoms with Crippen LogP contribution in [0.3, 0.4) is 0 Å². The molecule has 0 aliphatic carbocycles. The second-order valence-electron chi connectivity index (χ2n) is 6.79. The van der Waals surface area contributed by atoms with Gasteiger partial charge in [-0.05, 0) is 25.5 Å². The number of rotatable bonds is 6. The number of H-pyrrole nitrogens is 1. The molecule has 1 fully saturated rings. The number of carbonyl (C=O) groups is 2. The minimum absolute atomic E-state index is 0.00436. The van der Waals surface area contributed by atoms with Crippen LogP contribution in [0.5, 0.6) is 5.75 Å². The standard InChI is InChI=1S/C20H24N4O6/c1-12-13(18(27)23-20(21-12)24-8-10-30-11-9-24)6-7-16(25)22-15-5-3-4-14(17(15)26)19(28)29-2/h3-5,26H,6-11H2,1-2H3,(H,22,25)(H,21,23,27). The highest BCUT2D eigenvalue weighted by atomic mass is 16.5. The first-order chi connectivity index (χ1) is 14.4. The molecule has 0 spiro atoms. The summed E-state index contributed by atoms with van der Waals surface area (Å²) in [6.45, 7) is 4.19. The summed E-state index contributed by atoms with van der Waals surface area (Å²) < 4.78 is 9.90. The van der Waals surface area contributed by atoms with Crippen LogP contribution in [0, 0.1) is 6.92 Å². The number of aromatic hydroxyl groups is 1. The predicted octanol–water partition coefficient (Wildman–Crippen LogP) is 0.978. The van der Waals surface area contributed by atoms with Crippen LogP contribution < -0.4 is 15.8 Å². The molecule has 1 saturated heterocycles. The lowest BCUT2D eigenvalue weighted by atomic mass is 10.1. The van der Waals surface area contributed by atoms with Gasteiger partial charge >= 0.3 is 5.97 Å². The van der Waals surface area contributed by atoms with Gasteiger partial charge in [0.25, 0.3) is 5.56 Å². The Morgan fingerprint density at radius 1 is 1.33 bits per heavy atom. The SMILES string of the molecule is COC(=O)c1cccc(NC(=O)CCc2c(C)nc(N3CCOCC3)[nH]c2=O)c1O. The van der Waals surface area contributed by atoms with E-state index in [1.54, 1.807) is 6.92 Å². The fourth-order valence-corrected chi connectivity index (χ4v) is 3.19. The van der Waals surface area contributed by atoms with Crippen molar-refractivity contribution in [3.05, 3.63) is 45.4 Å². The number of para-hydroxylation sites is 1. The van der Waals surface area contributed by atoms with E-state index in [9.17, 15) is 19.5 Å². The van der Waals surface area contributed by atoms with Gasteiger partial charge in [-0.15, -0.1) is 0 Å². The fraction of sp³-hybridized carbons (Fsp3) is 0.400. The summed E-state index contributed by atoms with van der Waals surface area (Å²) in [7, 11) is 1.20. The Hall–Kier alpha value is -3.40. The number of aromatic nitrogens is 2. The van der Waals surface area contributed by atoms with Crippen LogP contribution in [0.4, 0.5) is 11.6 Å². The number of ether oxygens (including phenoxy) is 2. The van der Waals surface area contributed by atoms with Crippen LogP contribution in [0.15, 0.2) is 23.0 Å². The highest BCUT2D eigenvalue weighted by Gasteiger charge is 2.18. The van der Waals surface area contributed by atoms with E-state index in [4.69, 9.17) is 4.74 Å². The first-order valence-corrected chi connectivity index (χ1v) is 9.53. The van der Waals surface area contributed by atoms with E-state index in [1.165, 1.54) is 25.3 Å². The number of amides is 1. The van der Waals surface area contributed by atoms with Crippen LogP contribution >= 0.6 is 0 Å². The van der Waals surface area contributed by atoms with Gasteiger partial charge < -0.3 is 24.8 Å². The summed E-state index contributed by atoms with van der Waals surface area (Å²) in [5, 5.41) is 12.7. The molecular formula is C20H24N4O6. The summed E-state index contributed by atoms with van der Waals surface area (Å²) in [5.41, 5.74) is 0.741. The molecule has 2 heterocycles. The zero-order valence-electron chi connectivity index (χ0n) is 16.9.